The molecule has 3 nitrogen and oxygen atoms in total. The molecule has 1 aromatic carbocycles. The fraction of sp³-hybridized carbons (Fsp3) is 0.286. The molecule has 2 aromatic rings. The van der Waals surface area contributed by atoms with Crippen LogP contribution in [-0.4, -0.2) is 22.8 Å². The van der Waals surface area contributed by atoms with Gasteiger partial charge in [-0.25, -0.2) is 14.4 Å². The molecule has 98 valence electrons. The van der Waals surface area contributed by atoms with Gasteiger partial charge < -0.3 is 5.32 Å². The van der Waals surface area contributed by atoms with Crippen molar-refractivity contribution in [3.63, 3.8) is 0 Å². The molecule has 19 heavy (non-hydrogen) atoms. The van der Waals surface area contributed by atoms with E-state index in [1.807, 2.05) is 12.3 Å². The van der Waals surface area contributed by atoms with Crippen LogP contribution in [0.25, 0.3) is 11.3 Å². The van der Waals surface area contributed by atoms with Gasteiger partial charge in [0, 0.05) is 17.7 Å². The summed E-state index contributed by atoms with van der Waals surface area (Å²) in [6.45, 7) is 0.911. The second-order valence-electron chi connectivity index (χ2n) is 4.40. The third-order valence-electron chi connectivity index (χ3n) is 3.19. The zero-order chi connectivity index (χ0) is 13.2. The summed E-state index contributed by atoms with van der Waals surface area (Å²) in [5.74, 6) is 0.616. The van der Waals surface area contributed by atoms with Gasteiger partial charge in [-0.1, -0.05) is 23.9 Å². The molecular weight excluding hydrogens is 261 g/mol. The highest BCUT2D eigenvalue weighted by atomic mass is 32.2. The summed E-state index contributed by atoms with van der Waals surface area (Å²) in [7, 11) is 0. The van der Waals surface area contributed by atoms with Crippen LogP contribution in [0.3, 0.4) is 0 Å². The molecule has 0 saturated heterocycles. The van der Waals surface area contributed by atoms with Gasteiger partial charge in [0.25, 0.3) is 0 Å². The van der Waals surface area contributed by atoms with Gasteiger partial charge in [0.15, 0.2) is 5.16 Å². The lowest BCUT2D eigenvalue weighted by Crippen LogP contribution is -2.16. The number of benzene rings is 1. The number of aromatic nitrogens is 2. The van der Waals surface area contributed by atoms with E-state index in [-0.39, 0.29) is 5.82 Å². The molecule has 0 atom stereocenters. The Bertz CT molecular complexity index is 616. The first-order valence-electron chi connectivity index (χ1n) is 6.23. The van der Waals surface area contributed by atoms with Crippen molar-refractivity contribution in [1.82, 2.24) is 9.97 Å². The first-order valence-corrected chi connectivity index (χ1v) is 7.45. The minimum atomic E-state index is -0.235. The van der Waals surface area contributed by atoms with E-state index in [1.165, 1.54) is 17.8 Å². The topological polar surface area (TPSA) is 37.8 Å². The summed E-state index contributed by atoms with van der Waals surface area (Å²) in [6.07, 6.45) is 3.84. The first-order chi connectivity index (χ1) is 9.29. The van der Waals surface area contributed by atoms with E-state index in [0.29, 0.717) is 10.7 Å². The highest BCUT2D eigenvalue weighted by molar-refractivity contribution is 7.98. The van der Waals surface area contributed by atoms with Crippen LogP contribution in [0.15, 0.2) is 29.4 Å². The summed E-state index contributed by atoms with van der Waals surface area (Å²) in [5.41, 5.74) is 2.30. The summed E-state index contributed by atoms with van der Waals surface area (Å²) in [5, 5.41) is 3.95. The molecular formula is C14H14FN3S. The maximum Gasteiger partial charge on any atom is 0.189 e. The van der Waals surface area contributed by atoms with E-state index in [9.17, 15) is 4.39 Å². The lowest BCUT2D eigenvalue weighted by molar-refractivity contribution is 0.629. The third kappa shape index (κ3) is 2.30. The van der Waals surface area contributed by atoms with E-state index in [1.54, 1.807) is 12.1 Å². The molecule has 3 rings (SSSR count). The van der Waals surface area contributed by atoms with Crippen molar-refractivity contribution in [3.8, 4) is 11.3 Å². The van der Waals surface area contributed by atoms with E-state index < -0.39 is 0 Å². The van der Waals surface area contributed by atoms with E-state index >= 15 is 0 Å². The van der Waals surface area contributed by atoms with Gasteiger partial charge in [0.2, 0.25) is 0 Å². The first kappa shape index (κ1) is 12.4. The molecule has 0 amide bonds. The SMILES string of the molecule is CSc1nc2c(c(-c3ccccc3F)n1)CCCN2. The minimum absolute atomic E-state index is 0.235. The average Bonchev–Trinajstić information content (AvgIpc) is 2.46. The van der Waals surface area contributed by atoms with Gasteiger partial charge in [0.05, 0.1) is 5.69 Å². The highest BCUT2D eigenvalue weighted by Crippen LogP contribution is 2.32. The molecule has 0 bridgehead atoms. The molecule has 1 aliphatic heterocycles. The van der Waals surface area contributed by atoms with Crippen molar-refractivity contribution in [3.05, 3.63) is 35.6 Å². The van der Waals surface area contributed by atoms with Crippen molar-refractivity contribution >= 4 is 17.6 Å². The Morgan fingerprint density at radius 3 is 2.89 bits per heavy atom. The number of anilines is 1. The van der Waals surface area contributed by atoms with Gasteiger partial charge in [-0.3, -0.25) is 0 Å². The molecule has 1 N–H and O–H groups in total. The number of nitrogens with one attached hydrogen (secondary N) is 1. The molecule has 2 heterocycles. The Kier molecular flexibility index (Phi) is 3.38. The number of halogens is 1. The second kappa shape index (κ2) is 5.17. The number of thioether (sulfide) groups is 1. The fourth-order valence-corrected chi connectivity index (χ4v) is 2.65. The number of rotatable bonds is 2. The maximum absolute atomic E-state index is 14.0. The Balaban J connectivity index is 2.22. The van der Waals surface area contributed by atoms with Crippen molar-refractivity contribution in [2.24, 2.45) is 0 Å². The number of nitrogens with zero attached hydrogens (tertiary/aromatic N) is 2. The zero-order valence-corrected chi connectivity index (χ0v) is 11.4. The molecule has 1 aliphatic rings. The Morgan fingerprint density at radius 2 is 2.11 bits per heavy atom. The van der Waals surface area contributed by atoms with Crippen molar-refractivity contribution < 1.29 is 4.39 Å². The Labute approximate surface area is 115 Å². The smallest absolute Gasteiger partial charge is 0.189 e. The molecule has 0 unspecified atom stereocenters. The van der Waals surface area contributed by atoms with E-state index in [0.717, 1.165) is 36.5 Å². The van der Waals surface area contributed by atoms with Gasteiger partial charge in [0.1, 0.15) is 11.6 Å². The molecule has 1 aromatic heterocycles. The van der Waals surface area contributed by atoms with Gasteiger partial charge in [-0.2, -0.15) is 0 Å². The molecule has 0 saturated carbocycles. The monoisotopic (exact) mass is 275 g/mol. The van der Waals surface area contributed by atoms with Crippen LogP contribution in [0.5, 0.6) is 0 Å². The Morgan fingerprint density at radius 1 is 1.26 bits per heavy atom. The van der Waals surface area contributed by atoms with Crippen LogP contribution in [0.1, 0.15) is 12.0 Å². The Hall–Kier alpha value is -1.62. The molecule has 0 aliphatic carbocycles. The van der Waals surface area contributed by atoms with Crippen LogP contribution >= 0.6 is 11.8 Å². The number of fused-ring (bicyclic) bond motifs is 1. The fourth-order valence-electron chi connectivity index (χ4n) is 2.29. The lowest BCUT2D eigenvalue weighted by Gasteiger charge is -2.20. The standard InChI is InChI=1S/C14H14FN3S/c1-19-14-17-12(9-5-2-3-7-11(9)15)10-6-4-8-16-13(10)18-14/h2-3,5,7H,4,6,8H2,1H3,(H,16,17,18). The van der Waals surface area contributed by atoms with Gasteiger partial charge in [-0.05, 0) is 31.2 Å². The quantitative estimate of drug-likeness (QED) is 0.673. The maximum atomic E-state index is 14.0. The van der Waals surface area contributed by atoms with Crippen LogP contribution in [0.4, 0.5) is 10.2 Å². The summed E-state index contributed by atoms with van der Waals surface area (Å²) >= 11 is 1.47. The average molecular weight is 275 g/mol. The van der Waals surface area contributed by atoms with Crippen LogP contribution in [0.2, 0.25) is 0 Å². The van der Waals surface area contributed by atoms with Crippen LogP contribution in [0, 0.1) is 5.82 Å². The van der Waals surface area contributed by atoms with Gasteiger partial charge in [-0.15, -0.1) is 0 Å². The number of hydrogen-bond donors (Lipinski definition) is 1. The molecule has 0 radical (unpaired) electrons. The zero-order valence-electron chi connectivity index (χ0n) is 10.6. The summed E-state index contributed by atoms with van der Waals surface area (Å²) in [6, 6.07) is 6.78. The highest BCUT2D eigenvalue weighted by Gasteiger charge is 2.20. The van der Waals surface area contributed by atoms with Crippen molar-refractivity contribution in [2.75, 3.05) is 18.1 Å². The van der Waals surface area contributed by atoms with Crippen LogP contribution < -0.4 is 5.32 Å². The van der Waals surface area contributed by atoms with Crippen molar-refractivity contribution in [1.29, 1.82) is 0 Å². The van der Waals surface area contributed by atoms with Gasteiger partial charge >= 0.3 is 0 Å². The lowest BCUT2D eigenvalue weighted by atomic mass is 10.00. The minimum Gasteiger partial charge on any atom is -0.370 e. The summed E-state index contributed by atoms with van der Waals surface area (Å²) in [4.78, 5) is 8.97. The second-order valence-corrected chi connectivity index (χ2v) is 5.17. The van der Waals surface area contributed by atoms with E-state index in [2.05, 4.69) is 15.3 Å². The van der Waals surface area contributed by atoms with Crippen LogP contribution in [-0.2, 0) is 6.42 Å². The molecule has 0 spiro atoms. The molecule has 0 fully saturated rings. The predicted molar refractivity (Wildman–Crippen MR) is 76.0 cm³/mol. The third-order valence-corrected chi connectivity index (χ3v) is 3.74. The number of hydrogen-bond acceptors (Lipinski definition) is 4. The van der Waals surface area contributed by atoms with Crippen molar-refractivity contribution in [2.45, 2.75) is 18.0 Å². The predicted octanol–water partition coefficient (Wildman–Crippen LogP) is 3.36. The normalized spacial score (nSPS) is 13.8. The largest absolute Gasteiger partial charge is 0.370 e. The molecule has 5 heteroatoms. The van der Waals surface area contributed by atoms with E-state index in [4.69, 9.17) is 0 Å². The summed E-state index contributed by atoms with van der Waals surface area (Å²) < 4.78 is 14.0.